The number of hydrogen-bond donors (Lipinski definition) is 1. The summed E-state index contributed by atoms with van der Waals surface area (Å²) in [6, 6.07) is 0. The summed E-state index contributed by atoms with van der Waals surface area (Å²) in [7, 11) is 1.65. The molecule has 3 rings (SSSR count). The van der Waals surface area contributed by atoms with Crippen LogP contribution >= 0.6 is 0 Å². The predicted octanol–water partition coefficient (Wildman–Crippen LogP) is -1.16. The van der Waals surface area contributed by atoms with E-state index in [0.29, 0.717) is 5.65 Å². The third-order valence-electron chi connectivity index (χ3n) is 2.98. The second-order valence-electron chi connectivity index (χ2n) is 4.09. The largest absolute Gasteiger partial charge is 0.351 e. The molecule has 0 aliphatic carbocycles. The van der Waals surface area contributed by atoms with E-state index in [1.54, 1.807) is 19.4 Å². The molecule has 0 bridgehead atoms. The highest BCUT2D eigenvalue weighted by atomic mass is 16.2. The van der Waals surface area contributed by atoms with Crippen molar-refractivity contribution in [2.45, 2.75) is 0 Å². The second-order valence-corrected chi connectivity index (χ2v) is 4.09. The van der Waals surface area contributed by atoms with E-state index in [1.807, 2.05) is 0 Å². The van der Waals surface area contributed by atoms with Gasteiger partial charge in [0.15, 0.2) is 5.82 Å². The van der Waals surface area contributed by atoms with E-state index >= 15 is 0 Å². The number of aromatic nitrogens is 4. The number of fused-ring (bicyclic) bond motifs is 1. The lowest BCUT2D eigenvalue weighted by atomic mass is 10.3. The van der Waals surface area contributed by atoms with Crippen molar-refractivity contribution in [2.24, 2.45) is 7.05 Å². The Morgan fingerprint density at radius 2 is 2.12 bits per heavy atom. The van der Waals surface area contributed by atoms with Crippen LogP contribution in [0.15, 0.2) is 17.2 Å². The zero-order valence-electron chi connectivity index (χ0n) is 9.63. The number of aryl methyl sites for hydroxylation is 1. The summed E-state index contributed by atoms with van der Waals surface area (Å²) in [5.41, 5.74) is 0.487. The van der Waals surface area contributed by atoms with E-state index in [-0.39, 0.29) is 5.69 Å². The van der Waals surface area contributed by atoms with Gasteiger partial charge in [-0.25, -0.2) is 18.9 Å². The van der Waals surface area contributed by atoms with Gasteiger partial charge in [-0.3, -0.25) is 0 Å². The molecule has 2 aromatic heterocycles. The summed E-state index contributed by atoms with van der Waals surface area (Å²) in [5.74, 6) is 0.784. The minimum atomic E-state index is -0.140. The van der Waals surface area contributed by atoms with Crippen molar-refractivity contribution in [3.8, 4) is 0 Å². The molecule has 1 aliphatic heterocycles. The molecule has 0 saturated carbocycles. The summed E-state index contributed by atoms with van der Waals surface area (Å²) in [6.07, 6.45) is 3.30. The summed E-state index contributed by atoms with van der Waals surface area (Å²) < 4.78 is 2.87. The van der Waals surface area contributed by atoms with Crippen molar-refractivity contribution in [3.05, 3.63) is 22.9 Å². The van der Waals surface area contributed by atoms with Crippen molar-refractivity contribution in [1.29, 1.82) is 0 Å². The van der Waals surface area contributed by atoms with Gasteiger partial charge >= 0.3 is 5.69 Å². The minimum absolute atomic E-state index is 0.140. The van der Waals surface area contributed by atoms with Crippen LogP contribution in [-0.2, 0) is 7.05 Å². The van der Waals surface area contributed by atoms with E-state index < -0.39 is 0 Å². The lowest BCUT2D eigenvalue weighted by Crippen LogP contribution is -2.44. The Labute approximate surface area is 97.7 Å². The Morgan fingerprint density at radius 1 is 1.35 bits per heavy atom. The van der Waals surface area contributed by atoms with E-state index in [2.05, 4.69) is 20.3 Å². The molecule has 1 saturated heterocycles. The highest BCUT2D eigenvalue weighted by Gasteiger charge is 2.17. The molecule has 0 unspecified atom stereocenters. The van der Waals surface area contributed by atoms with Gasteiger partial charge in [0.25, 0.3) is 0 Å². The monoisotopic (exact) mass is 234 g/mol. The van der Waals surface area contributed by atoms with Gasteiger partial charge in [-0.15, -0.1) is 5.10 Å². The van der Waals surface area contributed by atoms with Crippen LogP contribution in [0.5, 0.6) is 0 Å². The lowest BCUT2D eigenvalue weighted by Gasteiger charge is -2.28. The third kappa shape index (κ3) is 1.59. The molecule has 3 heterocycles. The molecular weight excluding hydrogens is 220 g/mol. The molecule has 2 aromatic rings. The Morgan fingerprint density at radius 3 is 2.88 bits per heavy atom. The van der Waals surface area contributed by atoms with Gasteiger partial charge in [0.05, 0.1) is 0 Å². The van der Waals surface area contributed by atoms with Crippen LogP contribution < -0.4 is 15.9 Å². The summed E-state index contributed by atoms with van der Waals surface area (Å²) in [6.45, 7) is 3.63. The number of rotatable bonds is 1. The number of anilines is 1. The van der Waals surface area contributed by atoms with Crippen molar-refractivity contribution in [1.82, 2.24) is 24.5 Å². The number of nitrogens with one attached hydrogen (secondary N) is 1. The lowest BCUT2D eigenvalue weighted by molar-refractivity contribution is 0.585. The van der Waals surface area contributed by atoms with Crippen LogP contribution in [0.4, 0.5) is 5.82 Å². The van der Waals surface area contributed by atoms with Gasteiger partial charge in [0.1, 0.15) is 0 Å². The fourth-order valence-corrected chi connectivity index (χ4v) is 2.09. The van der Waals surface area contributed by atoms with E-state index in [1.165, 1.54) is 9.08 Å². The zero-order chi connectivity index (χ0) is 11.8. The van der Waals surface area contributed by atoms with E-state index in [0.717, 1.165) is 32.0 Å². The van der Waals surface area contributed by atoms with Crippen LogP contribution in [0.2, 0.25) is 0 Å². The van der Waals surface area contributed by atoms with Crippen LogP contribution in [0.3, 0.4) is 0 Å². The molecule has 7 heteroatoms. The first kappa shape index (κ1) is 10.3. The van der Waals surface area contributed by atoms with E-state index in [9.17, 15) is 4.79 Å². The topological polar surface area (TPSA) is 67.5 Å². The average molecular weight is 234 g/mol. The maximum absolute atomic E-state index is 11.8. The molecule has 90 valence electrons. The maximum Gasteiger partial charge on any atom is 0.350 e. The van der Waals surface area contributed by atoms with Gasteiger partial charge in [0, 0.05) is 45.6 Å². The van der Waals surface area contributed by atoms with E-state index in [4.69, 9.17) is 0 Å². The summed E-state index contributed by atoms with van der Waals surface area (Å²) in [4.78, 5) is 18.3. The fraction of sp³-hybridized carbons (Fsp3) is 0.500. The molecule has 1 aliphatic rings. The standard InChI is InChI=1S/C10H14N6O/c1-14-10(17)16-7-4-12-8(9(16)13-14)15-5-2-11-3-6-15/h4,7,11H,2-3,5-6H2,1H3. The SMILES string of the molecule is Cn1nc2c(N3CCNCC3)nccn2c1=O. The fourth-order valence-electron chi connectivity index (χ4n) is 2.09. The van der Waals surface area contributed by atoms with Gasteiger partial charge in [-0.1, -0.05) is 0 Å². The van der Waals surface area contributed by atoms with Gasteiger partial charge in [0.2, 0.25) is 5.65 Å². The molecule has 0 radical (unpaired) electrons. The highest BCUT2D eigenvalue weighted by molar-refractivity contribution is 5.63. The summed E-state index contributed by atoms with van der Waals surface area (Å²) >= 11 is 0. The third-order valence-corrected chi connectivity index (χ3v) is 2.98. The molecule has 7 nitrogen and oxygen atoms in total. The number of nitrogens with zero attached hydrogens (tertiary/aromatic N) is 5. The smallest absolute Gasteiger partial charge is 0.350 e. The number of piperazine rings is 1. The average Bonchev–Trinajstić information content (AvgIpc) is 2.67. The van der Waals surface area contributed by atoms with Gasteiger partial charge in [-0.05, 0) is 0 Å². The number of hydrogen-bond acceptors (Lipinski definition) is 5. The van der Waals surface area contributed by atoms with Crippen molar-refractivity contribution >= 4 is 11.5 Å². The normalized spacial score (nSPS) is 16.6. The van der Waals surface area contributed by atoms with Crippen molar-refractivity contribution in [3.63, 3.8) is 0 Å². The molecule has 0 amide bonds. The Kier molecular flexibility index (Phi) is 2.32. The Hall–Kier alpha value is -1.89. The first-order valence-corrected chi connectivity index (χ1v) is 5.63. The Bertz CT molecular complexity index is 594. The van der Waals surface area contributed by atoms with Crippen LogP contribution in [0, 0.1) is 0 Å². The van der Waals surface area contributed by atoms with Crippen LogP contribution in [0.25, 0.3) is 5.65 Å². The van der Waals surface area contributed by atoms with Crippen molar-refractivity contribution in [2.75, 3.05) is 31.1 Å². The molecule has 1 N–H and O–H groups in total. The van der Waals surface area contributed by atoms with Crippen LogP contribution in [-0.4, -0.2) is 45.3 Å². The molecule has 1 fully saturated rings. The quantitative estimate of drug-likeness (QED) is 0.674. The molecule has 0 aromatic carbocycles. The Balaban J connectivity index is 2.15. The predicted molar refractivity (Wildman–Crippen MR) is 63.3 cm³/mol. The first-order valence-electron chi connectivity index (χ1n) is 5.63. The van der Waals surface area contributed by atoms with Crippen molar-refractivity contribution < 1.29 is 0 Å². The summed E-state index contributed by atoms with van der Waals surface area (Å²) in [5, 5.41) is 7.52. The van der Waals surface area contributed by atoms with Gasteiger partial charge in [-0.2, -0.15) is 0 Å². The molecule has 0 spiro atoms. The molecular formula is C10H14N6O. The molecule has 0 atom stereocenters. The van der Waals surface area contributed by atoms with Crippen LogP contribution in [0.1, 0.15) is 0 Å². The highest BCUT2D eigenvalue weighted by Crippen LogP contribution is 2.15. The second kappa shape index (κ2) is 3.85. The first-order chi connectivity index (χ1) is 8.27. The maximum atomic E-state index is 11.8. The molecule has 17 heavy (non-hydrogen) atoms. The minimum Gasteiger partial charge on any atom is -0.351 e. The van der Waals surface area contributed by atoms with Gasteiger partial charge < -0.3 is 10.2 Å². The zero-order valence-corrected chi connectivity index (χ0v) is 9.63.